The highest BCUT2D eigenvalue weighted by molar-refractivity contribution is 6.30. The Kier molecular flexibility index (Phi) is 4.09. The van der Waals surface area contributed by atoms with Gasteiger partial charge in [-0.1, -0.05) is 6.07 Å². The van der Waals surface area contributed by atoms with Crippen LogP contribution < -0.4 is 5.32 Å². The summed E-state index contributed by atoms with van der Waals surface area (Å²) in [6.45, 7) is 5.69. The van der Waals surface area contributed by atoms with Crippen molar-refractivity contribution in [3.05, 3.63) is 29.6 Å². The van der Waals surface area contributed by atoms with Gasteiger partial charge in [0.05, 0.1) is 0 Å². The lowest BCUT2D eigenvalue weighted by molar-refractivity contribution is -0.121. The molecular weight excluding hydrogens is 212 g/mol. The van der Waals surface area contributed by atoms with Gasteiger partial charge in [-0.2, -0.15) is 0 Å². The summed E-state index contributed by atoms with van der Waals surface area (Å²) in [6, 6.07) is 3.75. The number of hydrogen-bond acceptors (Lipinski definition) is 2. The first kappa shape index (κ1) is 12.0. The normalized spacial score (nSPS) is 12.6. The summed E-state index contributed by atoms with van der Waals surface area (Å²) in [5.74, 6) is -0.183. The van der Waals surface area contributed by atoms with Crippen molar-refractivity contribution in [1.82, 2.24) is 10.3 Å². The minimum Gasteiger partial charge on any atom is -0.352 e. The number of rotatable bonds is 3. The molecule has 0 saturated heterocycles. The topological polar surface area (TPSA) is 42.0 Å². The van der Waals surface area contributed by atoms with Crippen LogP contribution in [0.2, 0.25) is 0 Å². The SMILES string of the molecule is Cc1ccc(C(Cl)C(=O)NC(C)C)cn1. The fourth-order valence-corrected chi connectivity index (χ4v) is 1.33. The van der Waals surface area contributed by atoms with Crippen LogP contribution >= 0.6 is 11.6 Å². The number of alkyl halides is 1. The van der Waals surface area contributed by atoms with E-state index in [1.165, 1.54) is 0 Å². The van der Waals surface area contributed by atoms with Crippen LogP contribution in [0.15, 0.2) is 18.3 Å². The third-order valence-corrected chi connectivity index (χ3v) is 2.34. The zero-order valence-corrected chi connectivity index (χ0v) is 9.88. The summed E-state index contributed by atoms with van der Waals surface area (Å²) in [5, 5.41) is 2.09. The van der Waals surface area contributed by atoms with Crippen molar-refractivity contribution in [3.8, 4) is 0 Å². The lowest BCUT2D eigenvalue weighted by Crippen LogP contribution is -2.32. The Morgan fingerprint density at radius 3 is 2.60 bits per heavy atom. The maximum atomic E-state index is 11.6. The molecule has 4 heteroatoms. The average Bonchev–Trinajstić information content (AvgIpc) is 2.17. The van der Waals surface area contributed by atoms with Gasteiger partial charge in [-0.05, 0) is 32.4 Å². The first-order chi connectivity index (χ1) is 7.00. The van der Waals surface area contributed by atoms with E-state index in [0.29, 0.717) is 0 Å². The van der Waals surface area contributed by atoms with Gasteiger partial charge in [-0.15, -0.1) is 11.6 Å². The van der Waals surface area contributed by atoms with Gasteiger partial charge in [0.25, 0.3) is 0 Å². The zero-order chi connectivity index (χ0) is 11.4. The van der Waals surface area contributed by atoms with Crippen LogP contribution in [0.25, 0.3) is 0 Å². The van der Waals surface area contributed by atoms with E-state index >= 15 is 0 Å². The number of nitrogens with one attached hydrogen (secondary N) is 1. The number of carbonyl (C=O) groups excluding carboxylic acids is 1. The Bertz CT molecular complexity index is 335. The van der Waals surface area contributed by atoms with Crippen molar-refractivity contribution in [3.63, 3.8) is 0 Å². The third-order valence-electron chi connectivity index (χ3n) is 1.89. The van der Waals surface area contributed by atoms with E-state index in [2.05, 4.69) is 10.3 Å². The highest BCUT2D eigenvalue weighted by Crippen LogP contribution is 2.19. The minimum absolute atomic E-state index is 0.0946. The molecule has 0 saturated carbocycles. The molecule has 1 heterocycles. The van der Waals surface area contributed by atoms with Crippen molar-refractivity contribution < 1.29 is 4.79 Å². The number of hydrogen-bond donors (Lipinski definition) is 1. The van der Waals surface area contributed by atoms with Crippen molar-refractivity contribution in [1.29, 1.82) is 0 Å². The Balaban J connectivity index is 2.71. The van der Waals surface area contributed by atoms with Crippen LogP contribution in [0.1, 0.15) is 30.5 Å². The molecule has 1 unspecified atom stereocenters. The third kappa shape index (κ3) is 3.51. The molecule has 0 fully saturated rings. The summed E-state index contributed by atoms with van der Waals surface area (Å²) in [5.41, 5.74) is 1.63. The summed E-state index contributed by atoms with van der Waals surface area (Å²) < 4.78 is 0. The molecule has 15 heavy (non-hydrogen) atoms. The van der Waals surface area contributed by atoms with Crippen LogP contribution in [-0.4, -0.2) is 16.9 Å². The molecule has 0 spiro atoms. The highest BCUT2D eigenvalue weighted by atomic mass is 35.5. The van der Waals surface area contributed by atoms with Crippen molar-refractivity contribution in [2.24, 2.45) is 0 Å². The van der Waals surface area contributed by atoms with Gasteiger partial charge in [-0.25, -0.2) is 0 Å². The second-order valence-electron chi connectivity index (χ2n) is 3.76. The summed E-state index contributed by atoms with van der Waals surface area (Å²) >= 11 is 6.00. The van der Waals surface area contributed by atoms with Gasteiger partial charge in [-0.3, -0.25) is 9.78 Å². The molecule has 0 aliphatic carbocycles. The molecular formula is C11H15ClN2O. The van der Waals surface area contributed by atoms with E-state index in [0.717, 1.165) is 11.3 Å². The number of aromatic nitrogens is 1. The number of carbonyl (C=O) groups is 1. The maximum Gasteiger partial charge on any atom is 0.242 e. The molecule has 1 aromatic rings. The Labute approximate surface area is 94.9 Å². The predicted molar refractivity (Wildman–Crippen MR) is 60.8 cm³/mol. The molecule has 0 radical (unpaired) electrons. The first-order valence-corrected chi connectivity index (χ1v) is 5.31. The lowest BCUT2D eigenvalue weighted by Gasteiger charge is -2.12. The molecule has 1 N–H and O–H groups in total. The second-order valence-corrected chi connectivity index (χ2v) is 4.20. The van der Waals surface area contributed by atoms with Crippen LogP contribution in [0.5, 0.6) is 0 Å². The smallest absolute Gasteiger partial charge is 0.242 e. The zero-order valence-electron chi connectivity index (χ0n) is 9.12. The van der Waals surface area contributed by atoms with Crippen LogP contribution in [-0.2, 0) is 4.79 Å². The lowest BCUT2D eigenvalue weighted by atomic mass is 10.2. The van der Waals surface area contributed by atoms with Crippen LogP contribution in [0.4, 0.5) is 0 Å². The Morgan fingerprint density at radius 1 is 1.47 bits per heavy atom. The monoisotopic (exact) mass is 226 g/mol. The summed E-state index contributed by atoms with van der Waals surface area (Å²) in [7, 11) is 0. The van der Waals surface area contributed by atoms with Gasteiger partial charge in [0.1, 0.15) is 5.38 Å². The van der Waals surface area contributed by atoms with Crippen molar-refractivity contribution >= 4 is 17.5 Å². The number of nitrogens with zero attached hydrogens (tertiary/aromatic N) is 1. The first-order valence-electron chi connectivity index (χ1n) is 4.87. The summed E-state index contributed by atoms with van der Waals surface area (Å²) in [6.07, 6.45) is 1.63. The molecule has 1 atom stereocenters. The van der Waals surface area contributed by atoms with Crippen LogP contribution in [0.3, 0.4) is 0 Å². The van der Waals surface area contributed by atoms with E-state index in [1.807, 2.05) is 32.9 Å². The number of pyridine rings is 1. The molecule has 1 amide bonds. The fourth-order valence-electron chi connectivity index (χ4n) is 1.14. The van der Waals surface area contributed by atoms with Gasteiger partial charge in [0.15, 0.2) is 0 Å². The van der Waals surface area contributed by atoms with E-state index in [4.69, 9.17) is 11.6 Å². The van der Waals surface area contributed by atoms with Gasteiger partial charge >= 0.3 is 0 Å². The Morgan fingerprint density at radius 2 is 2.13 bits per heavy atom. The van der Waals surface area contributed by atoms with Crippen molar-refractivity contribution in [2.75, 3.05) is 0 Å². The molecule has 1 aromatic heterocycles. The molecule has 0 aliphatic heterocycles. The maximum absolute atomic E-state index is 11.6. The predicted octanol–water partition coefficient (Wildman–Crippen LogP) is 2.19. The minimum atomic E-state index is -0.666. The number of halogens is 1. The largest absolute Gasteiger partial charge is 0.352 e. The quantitative estimate of drug-likeness (QED) is 0.803. The van der Waals surface area contributed by atoms with Gasteiger partial charge in [0.2, 0.25) is 5.91 Å². The highest BCUT2D eigenvalue weighted by Gasteiger charge is 2.18. The van der Waals surface area contributed by atoms with Crippen LogP contribution in [0, 0.1) is 6.92 Å². The molecule has 3 nitrogen and oxygen atoms in total. The molecule has 0 bridgehead atoms. The molecule has 1 rings (SSSR count). The standard InChI is InChI=1S/C11H15ClN2O/c1-7(2)14-11(15)10(12)9-5-4-8(3)13-6-9/h4-7,10H,1-3H3,(H,14,15). The fraction of sp³-hybridized carbons (Fsp3) is 0.455. The molecule has 82 valence electrons. The average molecular weight is 227 g/mol. The Hall–Kier alpha value is -1.09. The van der Waals surface area contributed by atoms with Gasteiger partial charge < -0.3 is 5.32 Å². The van der Waals surface area contributed by atoms with E-state index in [-0.39, 0.29) is 11.9 Å². The summed E-state index contributed by atoms with van der Waals surface area (Å²) in [4.78, 5) is 15.7. The number of amides is 1. The van der Waals surface area contributed by atoms with E-state index in [9.17, 15) is 4.79 Å². The molecule has 0 aromatic carbocycles. The number of aryl methyl sites for hydroxylation is 1. The van der Waals surface area contributed by atoms with Crippen molar-refractivity contribution in [2.45, 2.75) is 32.2 Å². The second kappa shape index (κ2) is 5.12. The van der Waals surface area contributed by atoms with E-state index < -0.39 is 5.38 Å². The van der Waals surface area contributed by atoms with Gasteiger partial charge in [0, 0.05) is 17.9 Å². The van der Waals surface area contributed by atoms with E-state index in [1.54, 1.807) is 6.20 Å². The molecule has 0 aliphatic rings.